The highest BCUT2D eigenvalue weighted by molar-refractivity contribution is 6.29. The van der Waals surface area contributed by atoms with Crippen molar-refractivity contribution in [1.29, 1.82) is 0 Å². The van der Waals surface area contributed by atoms with Crippen molar-refractivity contribution in [3.8, 4) is 0 Å². The van der Waals surface area contributed by atoms with E-state index in [0.717, 1.165) is 18.2 Å². The van der Waals surface area contributed by atoms with Crippen molar-refractivity contribution in [3.63, 3.8) is 0 Å². The van der Waals surface area contributed by atoms with Crippen LogP contribution in [0, 0.1) is 0 Å². The van der Waals surface area contributed by atoms with E-state index in [2.05, 4.69) is 14.9 Å². The Hall–Kier alpha value is -0.870. The summed E-state index contributed by atoms with van der Waals surface area (Å²) in [6.45, 7) is 5.56. The number of hydrogen-bond donors (Lipinski definition) is 0. The topological polar surface area (TPSA) is 38.2 Å². The van der Waals surface area contributed by atoms with Crippen LogP contribution in [0.25, 0.3) is 0 Å². The summed E-state index contributed by atoms with van der Waals surface area (Å²) >= 11 is 6.04. The number of nitrogens with zero attached hydrogens (tertiary/aromatic N) is 3. The minimum Gasteiger partial charge on any atom is -0.377 e. The molecule has 1 aliphatic carbocycles. The first-order chi connectivity index (χ1) is 8.56. The lowest BCUT2D eigenvalue weighted by molar-refractivity contribution is 0.0845. The molecule has 0 atom stereocenters. The molecule has 4 nitrogen and oxygen atoms in total. The largest absolute Gasteiger partial charge is 0.377 e. The van der Waals surface area contributed by atoms with Gasteiger partial charge in [0.1, 0.15) is 16.8 Å². The van der Waals surface area contributed by atoms with E-state index in [1.54, 1.807) is 0 Å². The maximum Gasteiger partial charge on any atom is 0.135 e. The molecule has 1 aliphatic rings. The second kappa shape index (κ2) is 5.85. The highest BCUT2D eigenvalue weighted by Crippen LogP contribution is 2.38. The van der Waals surface area contributed by atoms with Crippen molar-refractivity contribution >= 4 is 17.4 Å². The predicted octanol–water partition coefficient (Wildman–Crippen LogP) is 2.87. The third-order valence-electron chi connectivity index (χ3n) is 2.91. The number of aromatic nitrogens is 2. The maximum atomic E-state index is 6.04. The highest BCUT2D eigenvalue weighted by atomic mass is 35.5. The molecule has 18 heavy (non-hydrogen) atoms. The molecule has 0 aromatic carbocycles. The molecule has 1 aromatic rings. The number of anilines is 1. The van der Waals surface area contributed by atoms with E-state index in [-0.39, 0.29) is 6.10 Å². The van der Waals surface area contributed by atoms with Crippen LogP contribution in [-0.4, -0.2) is 36.3 Å². The fourth-order valence-electron chi connectivity index (χ4n) is 1.68. The summed E-state index contributed by atoms with van der Waals surface area (Å²) in [6.07, 6.45) is 2.62. The van der Waals surface area contributed by atoms with E-state index >= 15 is 0 Å². The van der Waals surface area contributed by atoms with Gasteiger partial charge >= 0.3 is 0 Å². The van der Waals surface area contributed by atoms with Gasteiger partial charge in [0, 0.05) is 25.6 Å². The average Bonchev–Trinajstić information content (AvgIpc) is 3.11. The molecule has 1 fully saturated rings. The highest BCUT2D eigenvalue weighted by Gasteiger charge is 2.27. The van der Waals surface area contributed by atoms with Gasteiger partial charge in [-0.1, -0.05) is 11.6 Å². The zero-order valence-corrected chi connectivity index (χ0v) is 11.9. The Balaban J connectivity index is 1.98. The van der Waals surface area contributed by atoms with E-state index in [9.17, 15) is 0 Å². The number of rotatable bonds is 6. The molecular formula is C13H20ClN3O. The molecule has 1 aromatic heterocycles. The SMILES string of the molecule is CC(C)OCCN(C)c1cc(Cl)nc(C2CC2)n1. The summed E-state index contributed by atoms with van der Waals surface area (Å²) in [5.74, 6) is 2.28. The number of ether oxygens (including phenoxy) is 1. The lowest BCUT2D eigenvalue weighted by Crippen LogP contribution is -2.25. The molecule has 1 heterocycles. The molecule has 0 N–H and O–H groups in total. The van der Waals surface area contributed by atoms with Crippen LogP contribution in [0.5, 0.6) is 0 Å². The molecular weight excluding hydrogens is 250 g/mol. The summed E-state index contributed by atoms with van der Waals surface area (Å²) in [5, 5.41) is 0.526. The lowest BCUT2D eigenvalue weighted by atomic mass is 10.4. The summed E-state index contributed by atoms with van der Waals surface area (Å²) in [5.41, 5.74) is 0. The van der Waals surface area contributed by atoms with E-state index in [1.165, 1.54) is 12.8 Å². The van der Waals surface area contributed by atoms with E-state index in [0.29, 0.717) is 17.7 Å². The normalized spacial score (nSPS) is 15.2. The number of halogens is 1. The van der Waals surface area contributed by atoms with Crippen molar-refractivity contribution in [1.82, 2.24) is 9.97 Å². The Labute approximate surface area is 113 Å². The Morgan fingerprint density at radius 3 is 2.78 bits per heavy atom. The minimum atomic E-state index is 0.259. The Bertz CT molecular complexity index is 407. The standard InChI is InChI=1S/C13H20ClN3O/c1-9(2)18-7-6-17(3)12-8-11(14)15-13(16-12)10-4-5-10/h8-10H,4-7H2,1-3H3. The van der Waals surface area contributed by atoms with E-state index in [1.807, 2.05) is 27.0 Å². The zero-order chi connectivity index (χ0) is 13.1. The van der Waals surface area contributed by atoms with Gasteiger partial charge in [-0.3, -0.25) is 0 Å². The lowest BCUT2D eigenvalue weighted by Gasteiger charge is -2.19. The smallest absolute Gasteiger partial charge is 0.135 e. The van der Waals surface area contributed by atoms with E-state index in [4.69, 9.17) is 16.3 Å². The monoisotopic (exact) mass is 269 g/mol. The fourth-order valence-corrected chi connectivity index (χ4v) is 1.87. The van der Waals surface area contributed by atoms with Gasteiger partial charge in [-0.15, -0.1) is 0 Å². The zero-order valence-electron chi connectivity index (χ0n) is 11.2. The molecule has 0 radical (unpaired) electrons. The second-order valence-corrected chi connectivity index (χ2v) is 5.41. The van der Waals surface area contributed by atoms with Crippen molar-refractivity contribution in [2.45, 2.75) is 38.7 Å². The fraction of sp³-hybridized carbons (Fsp3) is 0.692. The molecule has 0 spiro atoms. The summed E-state index contributed by atoms with van der Waals surface area (Å²) < 4.78 is 5.54. The molecule has 1 saturated carbocycles. The van der Waals surface area contributed by atoms with Crippen molar-refractivity contribution in [2.75, 3.05) is 25.1 Å². The van der Waals surface area contributed by atoms with Gasteiger partial charge < -0.3 is 9.64 Å². The third kappa shape index (κ3) is 3.82. The van der Waals surface area contributed by atoms with Crippen LogP contribution in [0.3, 0.4) is 0 Å². The molecule has 2 rings (SSSR count). The molecule has 100 valence electrons. The molecule has 5 heteroatoms. The number of likely N-dealkylation sites (N-methyl/N-ethyl adjacent to an activating group) is 1. The van der Waals surface area contributed by atoms with Crippen LogP contribution in [0.1, 0.15) is 38.4 Å². The van der Waals surface area contributed by atoms with Gasteiger partial charge in [-0.25, -0.2) is 9.97 Å². The summed E-state index contributed by atoms with van der Waals surface area (Å²) in [4.78, 5) is 10.9. The average molecular weight is 270 g/mol. The summed E-state index contributed by atoms with van der Waals surface area (Å²) in [7, 11) is 2.00. The molecule has 0 aliphatic heterocycles. The third-order valence-corrected chi connectivity index (χ3v) is 3.10. The number of hydrogen-bond acceptors (Lipinski definition) is 4. The molecule has 0 saturated heterocycles. The molecule has 0 bridgehead atoms. The minimum absolute atomic E-state index is 0.259. The van der Waals surface area contributed by atoms with Crippen molar-refractivity contribution < 1.29 is 4.74 Å². The quantitative estimate of drug-likeness (QED) is 0.745. The van der Waals surface area contributed by atoms with Gasteiger partial charge in [0.25, 0.3) is 0 Å². The Kier molecular flexibility index (Phi) is 4.40. The van der Waals surface area contributed by atoms with Gasteiger partial charge in [-0.2, -0.15) is 0 Å². The maximum absolute atomic E-state index is 6.04. The van der Waals surface area contributed by atoms with Gasteiger partial charge in [-0.05, 0) is 26.7 Å². The first-order valence-corrected chi connectivity index (χ1v) is 6.81. The van der Waals surface area contributed by atoms with Crippen LogP contribution >= 0.6 is 11.6 Å². The Morgan fingerprint density at radius 1 is 1.44 bits per heavy atom. The van der Waals surface area contributed by atoms with Crippen LogP contribution in [0.15, 0.2) is 6.07 Å². The molecule has 0 amide bonds. The van der Waals surface area contributed by atoms with Crippen LogP contribution in [0.2, 0.25) is 5.15 Å². The van der Waals surface area contributed by atoms with Crippen LogP contribution in [0.4, 0.5) is 5.82 Å². The van der Waals surface area contributed by atoms with Gasteiger partial charge in [0.15, 0.2) is 0 Å². The van der Waals surface area contributed by atoms with Crippen LogP contribution in [-0.2, 0) is 4.74 Å². The Morgan fingerprint density at radius 2 is 2.17 bits per heavy atom. The van der Waals surface area contributed by atoms with Gasteiger partial charge in [0.05, 0.1) is 12.7 Å². The first-order valence-electron chi connectivity index (χ1n) is 6.43. The van der Waals surface area contributed by atoms with Gasteiger partial charge in [0.2, 0.25) is 0 Å². The first kappa shape index (κ1) is 13.6. The van der Waals surface area contributed by atoms with Crippen LogP contribution < -0.4 is 4.90 Å². The van der Waals surface area contributed by atoms with Crippen molar-refractivity contribution in [3.05, 3.63) is 17.0 Å². The second-order valence-electron chi connectivity index (χ2n) is 5.02. The van der Waals surface area contributed by atoms with Crippen molar-refractivity contribution in [2.24, 2.45) is 0 Å². The summed E-state index contributed by atoms with van der Waals surface area (Å²) in [6, 6.07) is 1.81. The molecule has 0 unspecified atom stereocenters. The van der Waals surface area contributed by atoms with E-state index < -0.39 is 0 Å². The predicted molar refractivity (Wildman–Crippen MR) is 73.4 cm³/mol.